The second-order valence-corrected chi connectivity index (χ2v) is 5.82. The highest BCUT2D eigenvalue weighted by Gasteiger charge is 2.49. The SMILES string of the molecule is CC1(C)C2CNCC2CN1CC(Cl)=CCl. The van der Waals surface area contributed by atoms with E-state index in [1.54, 1.807) is 0 Å². The molecule has 0 amide bonds. The van der Waals surface area contributed by atoms with Crippen molar-refractivity contribution >= 4 is 23.2 Å². The zero-order valence-corrected chi connectivity index (χ0v) is 10.8. The van der Waals surface area contributed by atoms with Crippen molar-refractivity contribution < 1.29 is 0 Å². The Kier molecular flexibility index (Phi) is 3.32. The predicted molar refractivity (Wildman–Crippen MR) is 65.3 cm³/mol. The van der Waals surface area contributed by atoms with Gasteiger partial charge in [0.05, 0.1) is 0 Å². The summed E-state index contributed by atoms with van der Waals surface area (Å²) in [4.78, 5) is 2.45. The van der Waals surface area contributed by atoms with E-state index in [-0.39, 0.29) is 5.54 Å². The van der Waals surface area contributed by atoms with Crippen LogP contribution in [0.15, 0.2) is 10.6 Å². The molecule has 86 valence electrons. The summed E-state index contributed by atoms with van der Waals surface area (Å²) in [6, 6.07) is 0. The van der Waals surface area contributed by atoms with Crippen LogP contribution in [-0.2, 0) is 0 Å². The van der Waals surface area contributed by atoms with Crippen molar-refractivity contribution in [1.29, 1.82) is 0 Å². The molecule has 0 aliphatic carbocycles. The van der Waals surface area contributed by atoms with Crippen molar-refractivity contribution in [3.05, 3.63) is 10.6 Å². The zero-order chi connectivity index (χ0) is 11.1. The first kappa shape index (κ1) is 11.7. The van der Waals surface area contributed by atoms with Gasteiger partial charge >= 0.3 is 0 Å². The molecule has 15 heavy (non-hydrogen) atoms. The first-order valence-corrected chi connectivity index (χ1v) is 6.27. The van der Waals surface area contributed by atoms with Gasteiger partial charge in [0.2, 0.25) is 0 Å². The molecule has 0 bridgehead atoms. The quantitative estimate of drug-likeness (QED) is 0.807. The molecule has 1 N–H and O–H groups in total. The Morgan fingerprint density at radius 3 is 2.87 bits per heavy atom. The molecule has 2 saturated heterocycles. The Morgan fingerprint density at radius 1 is 1.53 bits per heavy atom. The van der Waals surface area contributed by atoms with Gasteiger partial charge in [-0.2, -0.15) is 0 Å². The summed E-state index contributed by atoms with van der Waals surface area (Å²) in [6.07, 6.45) is 0. The molecule has 2 fully saturated rings. The summed E-state index contributed by atoms with van der Waals surface area (Å²) in [5.74, 6) is 1.53. The Labute approximate surface area is 102 Å². The third-order valence-corrected chi connectivity index (χ3v) is 4.58. The van der Waals surface area contributed by atoms with Gasteiger partial charge in [0.25, 0.3) is 0 Å². The van der Waals surface area contributed by atoms with Crippen LogP contribution in [0.2, 0.25) is 0 Å². The van der Waals surface area contributed by atoms with Gasteiger partial charge in [-0.05, 0) is 32.2 Å². The standard InChI is InChI=1S/C11H18Cl2N2/c1-11(2)10-5-14-4-8(10)6-15(11)7-9(13)3-12/h3,8,10,14H,4-7H2,1-2H3. The second-order valence-electron chi connectivity index (χ2n) is 5.11. The van der Waals surface area contributed by atoms with Gasteiger partial charge in [-0.15, -0.1) is 0 Å². The summed E-state index contributed by atoms with van der Waals surface area (Å²) in [7, 11) is 0. The molecule has 2 aliphatic heterocycles. The molecule has 2 unspecified atom stereocenters. The lowest BCUT2D eigenvalue weighted by Gasteiger charge is -2.35. The summed E-state index contributed by atoms with van der Waals surface area (Å²) >= 11 is 11.6. The van der Waals surface area contributed by atoms with Crippen molar-refractivity contribution in [3.63, 3.8) is 0 Å². The highest BCUT2D eigenvalue weighted by Crippen LogP contribution is 2.40. The largest absolute Gasteiger partial charge is 0.316 e. The van der Waals surface area contributed by atoms with Crippen LogP contribution in [0.3, 0.4) is 0 Å². The maximum Gasteiger partial charge on any atom is 0.0434 e. The van der Waals surface area contributed by atoms with Gasteiger partial charge in [-0.3, -0.25) is 4.90 Å². The average molecular weight is 249 g/mol. The van der Waals surface area contributed by atoms with E-state index in [2.05, 4.69) is 24.1 Å². The van der Waals surface area contributed by atoms with Gasteiger partial charge < -0.3 is 5.32 Å². The fourth-order valence-electron chi connectivity index (χ4n) is 2.99. The Morgan fingerprint density at radius 2 is 2.27 bits per heavy atom. The molecule has 0 aromatic carbocycles. The van der Waals surface area contributed by atoms with E-state index < -0.39 is 0 Å². The lowest BCUT2D eigenvalue weighted by Crippen LogP contribution is -2.44. The number of likely N-dealkylation sites (tertiary alicyclic amines) is 1. The highest BCUT2D eigenvalue weighted by atomic mass is 35.5. The van der Waals surface area contributed by atoms with E-state index >= 15 is 0 Å². The van der Waals surface area contributed by atoms with Crippen molar-refractivity contribution in [1.82, 2.24) is 10.2 Å². The van der Waals surface area contributed by atoms with Gasteiger partial charge in [0.15, 0.2) is 0 Å². The molecule has 2 aliphatic rings. The van der Waals surface area contributed by atoms with Crippen LogP contribution in [0.1, 0.15) is 13.8 Å². The number of nitrogens with one attached hydrogen (secondary N) is 1. The van der Waals surface area contributed by atoms with Gasteiger partial charge in [-0.1, -0.05) is 23.2 Å². The van der Waals surface area contributed by atoms with E-state index in [9.17, 15) is 0 Å². The molecule has 2 rings (SSSR count). The number of hydrogen-bond donors (Lipinski definition) is 1. The normalized spacial score (nSPS) is 35.9. The maximum absolute atomic E-state index is 6.00. The molecule has 0 spiro atoms. The molecule has 0 aromatic heterocycles. The molecule has 0 radical (unpaired) electrons. The Hall–Kier alpha value is 0.240. The van der Waals surface area contributed by atoms with Crippen LogP contribution < -0.4 is 5.32 Å². The van der Waals surface area contributed by atoms with Crippen LogP contribution >= 0.6 is 23.2 Å². The van der Waals surface area contributed by atoms with E-state index in [0.29, 0.717) is 0 Å². The number of rotatable bonds is 2. The monoisotopic (exact) mass is 248 g/mol. The third-order valence-electron chi connectivity index (χ3n) is 3.98. The molecular weight excluding hydrogens is 231 g/mol. The summed E-state index contributed by atoms with van der Waals surface area (Å²) in [5.41, 5.74) is 1.71. The average Bonchev–Trinajstić information content (AvgIpc) is 2.71. The molecule has 2 nitrogen and oxygen atoms in total. The van der Waals surface area contributed by atoms with E-state index in [1.807, 2.05) is 0 Å². The van der Waals surface area contributed by atoms with Crippen LogP contribution in [0, 0.1) is 11.8 Å². The second kappa shape index (κ2) is 4.25. The predicted octanol–water partition coefficient (Wildman–Crippen LogP) is 2.24. The lowest BCUT2D eigenvalue weighted by molar-refractivity contribution is 0.154. The minimum Gasteiger partial charge on any atom is -0.316 e. The molecule has 2 heterocycles. The van der Waals surface area contributed by atoms with Crippen molar-refractivity contribution in [3.8, 4) is 0 Å². The summed E-state index contributed by atoms with van der Waals surface area (Å²) < 4.78 is 0. The van der Waals surface area contributed by atoms with E-state index in [1.165, 1.54) is 5.54 Å². The maximum atomic E-state index is 6.00. The number of fused-ring (bicyclic) bond motifs is 1. The fraction of sp³-hybridized carbons (Fsp3) is 0.818. The molecule has 0 aromatic rings. The van der Waals surface area contributed by atoms with Crippen molar-refractivity contribution in [2.45, 2.75) is 19.4 Å². The van der Waals surface area contributed by atoms with Crippen LogP contribution in [0.25, 0.3) is 0 Å². The molecule has 4 heteroatoms. The van der Waals surface area contributed by atoms with Gasteiger partial charge in [0, 0.05) is 35.7 Å². The minimum atomic E-state index is 0.230. The Bertz CT molecular complexity index is 276. The lowest BCUT2D eigenvalue weighted by atomic mass is 9.85. The van der Waals surface area contributed by atoms with Crippen molar-refractivity contribution in [2.24, 2.45) is 11.8 Å². The van der Waals surface area contributed by atoms with Crippen LogP contribution in [-0.4, -0.2) is 36.6 Å². The van der Waals surface area contributed by atoms with Crippen molar-refractivity contribution in [2.75, 3.05) is 26.2 Å². The van der Waals surface area contributed by atoms with Gasteiger partial charge in [0.1, 0.15) is 0 Å². The van der Waals surface area contributed by atoms with E-state index in [0.717, 1.165) is 43.0 Å². The summed E-state index contributed by atoms with van der Waals surface area (Å²) in [6.45, 7) is 8.81. The first-order valence-electron chi connectivity index (χ1n) is 5.46. The fourth-order valence-corrected chi connectivity index (χ4v) is 3.20. The zero-order valence-electron chi connectivity index (χ0n) is 9.26. The molecule has 0 saturated carbocycles. The highest BCUT2D eigenvalue weighted by molar-refractivity contribution is 6.36. The number of hydrogen-bond acceptors (Lipinski definition) is 2. The van der Waals surface area contributed by atoms with E-state index in [4.69, 9.17) is 23.2 Å². The van der Waals surface area contributed by atoms with Crippen LogP contribution in [0.4, 0.5) is 0 Å². The Balaban J connectivity index is 2.09. The molecular formula is C11H18Cl2N2. The first-order chi connectivity index (χ1) is 7.05. The number of halogens is 2. The third kappa shape index (κ3) is 2.05. The van der Waals surface area contributed by atoms with Gasteiger partial charge in [-0.25, -0.2) is 0 Å². The summed E-state index contributed by atoms with van der Waals surface area (Å²) in [5, 5.41) is 4.20. The molecule has 2 atom stereocenters. The van der Waals surface area contributed by atoms with Crippen LogP contribution in [0.5, 0.6) is 0 Å². The topological polar surface area (TPSA) is 15.3 Å². The smallest absolute Gasteiger partial charge is 0.0434 e. The number of nitrogens with zero attached hydrogens (tertiary/aromatic N) is 1. The minimum absolute atomic E-state index is 0.230.